The van der Waals surface area contributed by atoms with Crippen LogP contribution >= 0.6 is 0 Å². The Hall–Kier alpha value is -2.08. The Bertz CT molecular complexity index is 546. The van der Waals surface area contributed by atoms with E-state index in [1.54, 1.807) is 14.2 Å². The van der Waals surface area contributed by atoms with Gasteiger partial charge in [-0.1, -0.05) is 13.0 Å². The molecular formula is C14H19N3O3. The van der Waals surface area contributed by atoms with E-state index in [0.29, 0.717) is 28.8 Å². The summed E-state index contributed by atoms with van der Waals surface area (Å²) in [5.41, 5.74) is 0.667. The molecule has 1 atom stereocenters. The second-order valence-electron chi connectivity index (χ2n) is 4.26. The topological polar surface area (TPSA) is 69.4 Å². The van der Waals surface area contributed by atoms with E-state index in [4.69, 9.17) is 13.9 Å². The van der Waals surface area contributed by atoms with Crippen molar-refractivity contribution in [1.82, 2.24) is 15.5 Å². The Morgan fingerprint density at radius 2 is 1.85 bits per heavy atom. The average molecular weight is 277 g/mol. The number of methoxy groups -OCH3 is 2. The van der Waals surface area contributed by atoms with Crippen molar-refractivity contribution in [3.05, 3.63) is 24.1 Å². The summed E-state index contributed by atoms with van der Waals surface area (Å²) >= 11 is 0. The van der Waals surface area contributed by atoms with Crippen LogP contribution in [0, 0.1) is 0 Å². The number of benzene rings is 1. The first-order valence-corrected chi connectivity index (χ1v) is 6.49. The van der Waals surface area contributed by atoms with Crippen LogP contribution in [-0.2, 0) is 0 Å². The lowest BCUT2D eigenvalue weighted by atomic mass is 10.1. The monoisotopic (exact) mass is 277 g/mol. The van der Waals surface area contributed by atoms with Gasteiger partial charge in [0, 0.05) is 0 Å². The normalized spacial score (nSPS) is 12.2. The van der Waals surface area contributed by atoms with Crippen LogP contribution in [0.15, 0.2) is 22.6 Å². The van der Waals surface area contributed by atoms with Gasteiger partial charge >= 0.3 is 0 Å². The smallest absolute Gasteiger partial charge is 0.255 e. The molecule has 1 unspecified atom stereocenters. The fourth-order valence-corrected chi connectivity index (χ4v) is 1.97. The summed E-state index contributed by atoms with van der Waals surface area (Å²) in [6.45, 7) is 4.83. The minimum Gasteiger partial charge on any atom is -0.496 e. The molecule has 6 nitrogen and oxygen atoms in total. The highest BCUT2D eigenvalue weighted by atomic mass is 16.5. The number of ether oxygens (including phenoxy) is 2. The first-order chi connectivity index (χ1) is 9.71. The molecule has 1 N–H and O–H groups in total. The van der Waals surface area contributed by atoms with Gasteiger partial charge in [0.25, 0.3) is 5.89 Å². The Balaban J connectivity index is 2.41. The molecule has 0 bridgehead atoms. The third-order valence-corrected chi connectivity index (χ3v) is 2.96. The fraction of sp³-hybridized carbons (Fsp3) is 0.429. The summed E-state index contributed by atoms with van der Waals surface area (Å²) < 4.78 is 16.4. The van der Waals surface area contributed by atoms with Crippen molar-refractivity contribution in [2.75, 3.05) is 20.8 Å². The largest absolute Gasteiger partial charge is 0.496 e. The van der Waals surface area contributed by atoms with E-state index in [1.165, 1.54) is 0 Å². The van der Waals surface area contributed by atoms with Crippen LogP contribution in [-0.4, -0.2) is 31.0 Å². The van der Waals surface area contributed by atoms with Gasteiger partial charge in [-0.3, -0.25) is 0 Å². The van der Waals surface area contributed by atoms with Crippen LogP contribution in [0.2, 0.25) is 0 Å². The Morgan fingerprint density at radius 3 is 2.40 bits per heavy atom. The molecule has 0 saturated carbocycles. The predicted molar refractivity (Wildman–Crippen MR) is 74.9 cm³/mol. The Labute approximate surface area is 118 Å². The molecule has 20 heavy (non-hydrogen) atoms. The Kier molecular flexibility index (Phi) is 4.57. The number of aromatic nitrogens is 2. The van der Waals surface area contributed by atoms with Gasteiger partial charge in [-0.05, 0) is 25.6 Å². The fourth-order valence-electron chi connectivity index (χ4n) is 1.97. The molecule has 0 saturated heterocycles. The lowest BCUT2D eigenvalue weighted by Crippen LogP contribution is -2.17. The standard InChI is InChI=1S/C14H19N3O3/c1-5-15-9(2)13-16-17-14(20-13)12-10(18-3)7-6-8-11(12)19-4/h6-9,15H,5H2,1-4H3. The summed E-state index contributed by atoms with van der Waals surface area (Å²) in [7, 11) is 3.19. The molecule has 0 aliphatic rings. The van der Waals surface area contributed by atoms with E-state index >= 15 is 0 Å². The van der Waals surface area contributed by atoms with Crippen LogP contribution < -0.4 is 14.8 Å². The summed E-state index contributed by atoms with van der Waals surface area (Å²) in [6.07, 6.45) is 0. The van der Waals surface area contributed by atoms with Crippen molar-refractivity contribution < 1.29 is 13.9 Å². The summed E-state index contributed by atoms with van der Waals surface area (Å²) in [4.78, 5) is 0. The number of rotatable bonds is 6. The third-order valence-electron chi connectivity index (χ3n) is 2.96. The summed E-state index contributed by atoms with van der Waals surface area (Å²) in [6, 6.07) is 5.51. The predicted octanol–water partition coefficient (Wildman–Crippen LogP) is 2.42. The molecule has 2 aromatic rings. The van der Waals surface area contributed by atoms with Crippen molar-refractivity contribution in [2.24, 2.45) is 0 Å². The quantitative estimate of drug-likeness (QED) is 0.874. The highest BCUT2D eigenvalue weighted by molar-refractivity contribution is 5.70. The molecule has 0 aliphatic carbocycles. The zero-order valence-electron chi connectivity index (χ0n) is 12.1. The van der Waals surface area contributed by atoms with Gasteiger partial charge in [-0.15, -0.1) is 10.2 Å². The molecule has 0 fully saturated rings. The van der Waals surface area contributed by atoms with Gasteiger partial charge in [-0.2, -0.15) is 0 Å². The van der Waals surface area contributed by atoms with Crippen LogP contribution in [0.3, 0.4) is 0 Å². The zero-order chi connectivity index (χ0) is 14.5. The number of hydrogen-bond acceptors (Lipinski definition) is 6. The number of nitrogens with one attached hydrogen (secondary N) is 1. The van der Waals surface area contributed by atoms with Gasteiger partial charge in [0.1, 0.15) is 17.1 Å². The van der Waals surface area contributed by atoms with Gasteiger partial charge in [0.15, 0.2) is 0 Å². The van der Waals surface area contributed by atoms with E-state index in [2.05, 4.69) is 15.5 Å². The average Bonchev–Trinajstić information content (AvgIpc) is 2.96. The molecule has 0 aliphatic heterocycles. The van der Waals surface area contributed by atoms with Gasteiger partial charge in [-0.25, -0.2) is 0 Å². The molecule has 0 spiro atoms. The molecule has 1 heterocycles. The third kappa shape index (κ3) is 2.75. The van der Waals surface area contributed by atoms with Gasteiger partial charge < -0.3 is 19.2 Å². The first-order valence-electron chi connectivity index (χ1n) is 6.49. The minimum atomic E-state index is 0.00181. The summed E-state index contributed by atoms with van der Waals surface area (Å²) in [5.74, 6) is 2.19. The number of hydrogen-bond donors (Lipinski definition) is 1. The van der Waals surface area contributed by atoms with Crippen molar-refractivity contribution in [2.45, 2.75) is 19.9 Å². The van der Waals surface area contributed by atoms with Crippen LogP contribution in [0.4, 0.5) is 0 Å². The van der Waals surface area contributed by atoms with Crippen molar-refractivity contribution >= 4 is 0 Å². The maximum Gasteiger partial charge on any atom is 0.255 e. The van der Waals surface area contributed by atoms with Crippen molar-refractivity contribution in [3.63, 3.8) is 0 Å². The SMILES string of the molecule is CCNC(C)c1nnc(-c2c(OC)cccc2OC)o1. The first kappa shape index (κ1) is 14.3. The van der Waals surface area contributed by atoms with Crippen molar-refractivity contribution in [1.29, 1.82) is 0 Å². The summed E-state index contributed by atoms with van der Waals surface area (Å²) in [5, 5.41) is 11.4. The Morgan fingerprint density at radius 1 is 1.20 bits per heavy atom. The van der Waals surface area contributed by atoms with Crippen LogP contribution in [0.5, 0.6) is 11.5 Å². The lowest BCUT2D eigenvalue weighted by Gasteiger charge is -2.10. The minimum absolute atomic E-state index is 0.00181. The maximum absolute atomic E-state index is 5.72. The molecule has 0 radical (unpaired) electrons. The van der Waals surface area contributed by atoms with Gasteiger partial charge in [0.05, 0.1) is 20.3 Å². The van der Waals surface area contributed by atoms with E-state index in [0.717, 1.165) is 6.54 Å². The van der Waals surface area contributed by atoms with Crippen LogP contribution in [0.25, 0.3) is 11.5 Å². The van der Waals surface area contributed by atoms with Crippen molar-refractivity contribution in [3.8, 4) is 23.0 Å². The van der Waals surface area contributed by atoms with Crippen LogP contribution in [0.1, 0.15) is 25.8 Å². The van der Waals surface area contributed by atoms with E-state index in [1.807, 2.05) is 32.0 Å². The van der Waals surface area contributed by atoms with E-state index in [-0.39, 0.29) is 6.04 Å². The van der Waals surface area contributed by atoms with Gasteiger partial charge in [0.2, 0.25) is 5.89 Å². The number of nitrogens with zero attached hydrogens (tertiary/aromatic N) is 2. The molecule has 1 aromatic heterocycles. The maximum atomic E-state index is 5.72. The second kappa shape index (κ2) is 6.38. The molecule has 0 amide bonds. The highest BCUT2D eigenvalue weighted by Gasteiger charge is 2.20. The molecular weight excluding hydrogens is 258 g/mol. The molecule has 6 heteroatoms. The molecule has 1 aromatic carbocycles. The van der Waals surface area contributed by atoms with E-state index in [9.17, 15) is 0 Å². The zero-order valence-corrected chi connectivity index (χ0v) is 12.1. The molecule has 108 valence electrons. The van der Waals surface area contributed by atoms with E-state index < -0.39 is 0 Å². The second-order valence-corrected chi connectivity index (χ2v) is 4.26. The molecule has 2 rings (SSSR count). The lowest BCUT2D eigenvalue weighted by molar-refractivity contribution is 0.389. The highest BCUT2D eigenvalue weighted by Crippen LogP contribution is 2.37.